The highest BCUT2D eigenvalue weighted by Crippen LogP contribution is 2.46. The highest BCUT2D eigenvalue weighted by atomic mass is 32.2. The number of rotatable bonds is 14. The molecule has 13 heteroatoms. The van der Waals surface area contributed by atoms with Gasteiger partial charge >= 0.3 is 0 Å². The number of nitrogens with one attached hydrogen (secondary N) is 3. The number of sulfonamides is 1. The summed E-state index contributed by atoms with van der Waals surface area (Å²) in [7, 11) is -2.78. The number of nitrogens with zero attached hydrogens (tertiary/aromatic N) is 1. The lowest BCUT2D eigenvalue weighted by Gasteiger charge is -2.24. The summed E-state index contributed by atoms with van der Waals surface area (Å²) in [4.78, 5) is 45.0. The summed E-state index contributed by atoms with van der Waals surface area (Å²) in [5.41, 5.74) is 1.58. The molecule has 4 aromatic carbocycles. The Morgan fingerprint density at radius 1 is 0.911 bits per heavy atom. The molecule has 2 aliphatic rings. The maximum absolute atomic E-state index is 14.1. The number of carbonyl (C=O) groups excluding carboxylic acids is 3. The van der Waals surface area contributed by atoms with Gasteiger partial charge in [0.05, 0.1) is 29.1 Å². The van der Waals surface area contributed by atoms with E-state index in [1.54, 1.807) is 13.2 Å². The monoisotopic (exact) mass is 774 g/mol. The predicted molar refractivity (Wildman–Crippen MR) is 210 cm³/mol. The molecule has 2 saturated carbocycles. The minimum atomic E-state index is -4.37. The van der Waals surface area contributed by atoms with E-state index in [2.05, 4.69) is 21.9 Å². The number of amides is 3. The molecular weight excluding hydrogens is 733 g/mol. The first-order valence-electron chi connectivity index (χ1n) is 18.2. The molecule has 3 amide bonds. The second-order valence-electron chi connectivity index (χ2n) is 14.1. The van der Waals surface area contributed by atoms with Gasteiger partial charge < -0.3 is 24.8 Å². The van der Waals surface area contributed by atoms with Crippen molar-refractivity contribution in [2.24, 2.45) is 11.8 Å². The molecule has 0 bridgehead atoms. The Labute approximate surface area is 325 Å². The van der Waals surface area contributed by atoms with E-state index >= 15 is 0 Å². The first-order chi connectivity index (χ1) is 27.0. The molecule has 0 saturated heterocycles. The van der Waals surface area contributed by atoms with Crippen molar-refractivity contribution in [2.75, 3.05) is 7.11 Å². The first-order valence-corrected chi connectivity index (χ1v) is 19.7. The van der Waals surface area contributed by atoms with Gasteiger partial charge in [0.25, 0.3) is 15.9 Å². The largest absolute Gasteiger partial charge is 0.497 e. The maximum atomic E-state index is 14.1. The fourth-order valence-corrected chi connectivity index (χ4v) is 8.30. The molecule has 1 aromatic heterocycles. The summed E-state index contributed by atoms with van der Waals surface area (Å²) in [6, 6.07) is 31.7. The second kappa shape index (κ2) is 15.9. The molecule has 2 aliphatic carbocycles. The van der Waals surface area contributed by atoms with Crippen LogP contribution in [0, 0.1) is 11.8 Å². The summed E-state index contributed by atoms with van der Waals surface area (Å²) in [6.07, 6.45) is 1.68. The number of ether oxygens (including phenoxy) is 3. The van der Waals surface area contributed by atoms with Gasteiger partial charge in [0.1, 0.15) is 35.5 Å². The van der Waals surface area contributed by atoms with Crippen molar-refractivity contribution in [3.05, 3.63) is 127 Å². The topological polar surface area (TPSA) is 162 Å². The molecule has 0 radical (unpaired) electrons. The van der Waals surface area contributed by atoms with Crippen LogP contribution in [-0.2, 0) is 31.0 Å². The van der Waals surface area contributed by atoms with Crippen molar-refractivity contribution in [3.63, 3.8) is 0 Å². The molecule has 3 N–H and O–H groups in total. The van der Waals surface area contributed by atoms with Crippen LogP contribution in [-0.4, -0.2) is 55.9 Å². The van der Waals surface area contributed by atoms with E-state index in [-0.39, 0.29) is 30.3 Å². The summed E-state index contributed by atoms with van der Waals surface area (Å²) in [5, 5.41) is 6.48. The third-order valence-corrected chi connectivity index (χ3v) is 11.6. The average Bonchev–Trinajstić information content (AvgIpc) is 3.79. The number of pyridine rings is 1. The predicted octanol–water partition coefficient (Wildman–Crippen LogP) is 5.72. The summed E-state index contributed by atoms with van der Waals surface area (Å²) in [5.74, 6) is -1.56. The van der Waals surface area contributed by atoms with Crippen LogP contribution in [0.25, 0.3) is 22.2 Å². The summed E-state index contributed by atoms with van der Waals surface area (Å²) >= 11 is 0. The van der Waals surface area contributed by atoms with Gasteiger partial charge in [-0.25, -0.2) is 18.1 Å². The zero-order valence-electron chi connectivity index (χ0n) is 30.9. The smallest absolute Gasteiger partial charge is 0.264 e. The number of benzene rings is 4. The van der Waals surface area contributed by atoms with Crippen molar-refractivity contribution in [1.29, 1.82) is 0 Å². The lowest BCUT2D eigenvalue weighted by Crippen LogP contribution is -2.54. The van der Waals surface area contributed by atoms with Gasteiger partial charge in [-0.2, -0.15) is 0 Å². The van der Waals surface area contributed by atoms with Crippen LogP contribution in [0.2, 0.25) is 0 Å². The fourth-order valence-electron chi connectivity index (χ4n) is 7.23. The molecule has 0 aliphatic heterocycles. The average molecular weight is 775 g/mol. The standard InChI is InChI=1S/C43H42N4O8S/c1-4-30-25-43(30,42(50)47-56(51,52)34-17-11-16-32(20-34)54-26-28-12-7-5-8-13-28)46-41(49)36-21-33(23-39(36)44-27(2)48)55-40-24-37(29-14-9-6-10-15-29)45-38-22-31(53-3)18-19-35(38)40/h4-20,22,24,30,33,36,39H,1,21,23,25-26H2,2-3H3,(H,44,48)(H,46,49)(H,47,50)/t30-,33+,36-,39+,43-/m1/s1. The Hall–Kier alpha value is -6.21. The fraction of sp³-hybridized carbons (Fsp3) is 0.256. The Morgan fingerprint density at radius 2 is 1.66 bits per heavy atom. The Morgan fingerprint density at radius 3 is 2.36 bits per heavy atom. The third kappa shape index (κ3) is 8.22. The van der Waals surface area contributed by atoms with Crippen molar-refractivity contribution in [2.45, 2.75) is 55.4 Å². The van der Waals surface area contributed by atoms with E-state index in [9.17, 15) is 22.8 Å². The molecule has 0 spiro atoms. The minimum Gasteiger partial charge on any atom is -0.497 e. The number of aromatic nitrogens is 1. The quantitative estimate of drug-likeness (QED) is 0.120. The van der Waals surface area contributed by atoms with Gasteiger partial charge in [0, 0.05) is 54.5 Å². The molecule has 5 atom stereocenters. The molecule has 7 rings (SSSR count). The van der Waals surface area contributed by atoms with Crippen molar-refractivity contribution >= 4 is 38.6 Å². The van der Waals surface area contributed by atoms with Crippen molar-refractivity contribution in [1.82, 2.24) is 20.3 Å². The summed E-state index contributed by atoms with van der Waals surface area (Å²) in [6.45, 7) is 5.40. The van der Waals surface area contributed by atoms with E-state index in [1.165, 1.54) is 31.2 Å². The van der Waals surface area contributed by atoms with Gasteiger partial charge in [-0.3, -0.25) is 14.4 Å². The van der Waals surface area contributed by atoms with Crippen LogP contribution in [0.15, 0.2) is 127 Å². The van der Waals surface area contributed by atoms with Gasteiger partial charge in [0.2, 0.25) is 11.8 Å². The Balaban J connectivity index is 1.08. The van der Waals surface area contributed by atoms with Gasteiger partial charge in [-0.15, -0.1) is 6.58 Å². The van der Waals surface area contributed by atoms with Crippen molar-refractivity contribution in [3.8, 4) is 28.5 Å². The van der Waals surface area contributed by atoms with Crippen molar-refractivity contribution < 1.29 is 37.0 Å². The van der Waals surface area contributed by atoms with Gasteiger partial charge in [0.15, 0.2) is 0 Å². The lowest BCUT2D eigenvalue weighted by molar-refractivity contribution is -0.132. The first kappa shape index (κ1) is 38.1. The number of hydrogen-bond donors (Lipinski definition) is 3. The molecule has 288 valence electrons. The van der Waals surface area contributed by atoms with Crippen LogP contribution in [0.3, 0.4) is 0 Å². The van der Waals surface area contributed by atoms with Crippen LogP contribution in [0.4, 0.5) is 0 Å². The van der Waals surface area contributed by atoms with Crippen LogP contribution >= 0.6 is 0 Å². The Kier molecular flexibility index (Phi) is 10.8. The molecule has 0 unspecified atom stereocenters. The normalized spacial score (nSPS) is 21.4. The van der Waals surface area contributed by atoms with E-state index in [0.29, 0.717) is 34.9 Å². The second-order valence-corrected chi connectivity index (χ2v) is 15.8. The van der Waals surface area contributed by atoms with E-state index in [4.69, 9.17) is 19.2 Å². The highest BCUT2D eigenvalue weighted by molar-refractivity contribution is 7.90. The number of carbonyl (C=O) groups is 3. The number of fused-ring (bicyclic) bond motifs is 1. The van der Waals surface area contributed by atoms with E-state index in [0.717, 1.165) is 16.5 Å². The number of hydrogen-bond acceptors (Lipinski definition) is 9. The third-order valence-electron chi connectivity index (χ3n) is 10.2. The molecule has 12 nitrogen and oxygen atoms in total. The minimum absolute atomic E-state index is 0.149. The zero-order chi connectivity index (χ0) is 39.5. The van der Waals surface area contributed by atoms with Crippen LogP contribution in [0.1, 0.15) is 31.7 Å². The van der Waals surface area contributed by atoms with Gasteiger partial charge in [-0.05, 0) is 42.7 Å². The molecule has 1 heterocycles. The zero-order valence-corrected chi connectivity index (χ0v) is 31.8. The van der Waals surface area contributed by atoms with E-state index < -0.39 is 51.4 Å². The molecule has 2 fully saturated rings. The highest BCUT2D eigenvalue weighted by Gasteiger charge is 2.61. The van der Waals surface area contributed by atoms with Crippen LogP contribution in [0.5, 0.6) is 17.2 Å². The molecular formula is C43H42N4O8S. The molecule has 56 heavy (non-hydrogen) atoms. The number of methoxy groups -OCH3 is 1. The lowest BCUT2D eigenvalue weighted by atomic mass is 10.0. The van der Waals surface area contributed by atoms with Gasteiger partial charge in [-0.1, -0.05) is 72.8 Å². The summed E-state index contributed by atoms with van der Waals surface area (Å²) < 4.78 is 47.1. The van der Waals surface area contributed by atoms with Crippen LogP contribution < -0.4 is 29.6 Å². The molecule has 5 aromatic rings. The Bertz CT molecular complexity index is 2390. The SMILES string of the molecule is C=C[C@@H]1C[C@]1(NC(=O)[C@@H]1C[C@H](Oc2cc(-c3ccccc3)nc3cc(OC)ccc23)C[C@@H]1NC(C)=O)C(=O)NS(=O)(=O)c1cccc(OCc2ccccc2)c1. The van der Waals surface area contributed by atoms with E-state index in [1.807, 2.05) is 84.9 Å². The maximum Gasteiger partial charge on any atom is 0.264 e.